The van der Waals surface area contributed by atoms with Crippen molar-refractivity contribution in [3.63, 3.8) is 0 Å². The van der Waals surface area contributed by atoms with Gasteiger partial charge in [0.25, 0.3) is 5.56 Å². The minimum atomic E-state index is -0.262. The molecule has 5 heteroatoms. The van der Waals surface area contributed by atoms with Gasteiger partial charge in [0.15, 0.2) is 0 Å². The van der Waals surface area contributed by atoms with Crippen LogP contribution in [-0.2, 0) is 0 Å². The first-order valence-corrected chi connectivity index (χ1v) is 5.16. The number of hydrogen-bond donors (Lipinski definition) is 1. The second kappa shape index (κ2) is 4.29. The van der Waals surface area contributed by atoms with Gasteiger partial charge in [0, 0.05) is 6.07 Å². The smallest absolute Gasteiger partial charge is 0.273 e. The summed E-state index contributed by atoms with van der Waals surface area (Å²) in [4.78, 5) is 11.6. The van der Waals surface area contributed by atoms with Gasteiger partial charge < -0.3 is 10.2 Å². The molecular formula is C12H13N3O2. The second-order valence-corrected chi connectivity index (χ2v) is 3.80. The fourth-order valence-electron chi connectivity index (χ4n) is 1.48. The summed E-state index contributed by atoms with van der Waals surface area (Å²) in [6.07, 6.45) is 1.46. The van der Waals surface area contributed by atoms with E-state index >= 15 is 0 Å². The monoisotopic (exact) mass is 231 g/mol. The zero-order valence-electron chi connectivity index (χ0n) is 9.68. The van der Waals surface area contributed by atoms with Gasteiger partial charge in [-0.1, -0.05) is 0 Å². The van der Waals surface area contributed by atoms with Gasteiger partial charge in [0.05, 0.1) is 6.21 Å². The largest absolute Gasteiger partial charge is 0.460 e. The Labute approximate surface area is 98.2 Å². The van der Waals surface area contributed by atoms with E-state index in [1.54, 1.807) is 12.1 Å². The highest BCUT2D eigenvalue weighted by Crippen LogP contribution is 2.05. The average Bonchev–Trinajstić information content (AvgIpc) is 2.62. The molecule has 88 valence electrons. The predicted molar refractivity (Wildman–Crippen MR) is 66.3 cm³/mol. The molecule has 17 heavy (non-hydrogen) atoms. The van der Waals surface area contributed by atoms with Gasteiger partial charge in [0.2, 0.25) is 0 Å². The van der Waals surface area contributed by atoms with Gasteiger partial charge in [-0.3, -0.25) is 4.79 Å². The highest BCUT2D eigenvalue weighted by Gasteiger charge is 2.00. The van der Waals surface area contributed by atoms with Crippen LogP contribution in [-0.4, -0.2) is 10.9 Å². The van der Waals surface area contributed by atoms with Crippen molar-refractivity contribution >= 4 is 12.0 Å². The van der Waals surface area contributed by atoms with E-state index < -0.39 is 0 Å². The zero-order chi connectivity index (χ0) is 12.4. The molecule has 0 aliphatic rings. The maximum absolute atomic E-state index is 11.6. The maximum Gasteiger partial charge on any atom is 0.273 e. The normalized spacial score (nSPS) is 11.2. The van der Waals surface area contributed by atoms with Gasteiger partial charge in [-0.2, -0.15) is 9.78 Å². The van der Waals surface area contributed by atoms with E-state index in [1.165, 1.54) is 12.3 Å². The summed E-state index contributed by atoms with van der Waals surface area (Å²) in [5.41, 5.74) is 6.26. The molecule has 0 saturated heterocycles. The zero-order valence-corrected chi connectivity index (χ0v) is 9.68. The van der Waals surface area contributed by atoms with Crippen molar-refractivity contribution in [3.05, 3.63) is 51.7 Å². The summed E-state index contributed by atoms with van der Waals surface area (Å²) in [5, 5.41) is 3.99. The van der Waals surface area contributed by atoms with Gasteiger partial charge in [-0.15, -0.1) is 0 Å². The van der Waals surface area contributed by atoms with E-state index in [1.807, 2.05) is 19.9 Å². The first-order valence-electron chi connectivity index (χ1n) is 5.16. The first kappa shape index (κ1) is 11.2. The maximum atomic E-state index is 11.6. The van der Waals surface area contributed by atoms with Gasteiger partial charge >= 0.3 is 0 Å². The van der Waals surface area contributed by atoms with Crippen molar-refractivity contribution in [2.24, 2.45) is 5.10 Å². The van der Waals surface area contributed by atoms with E-state index in [2.05, 4.69) is 5.10 Å². The lowest BCUT2D eigenvalue weighted by atomic mass is 10.3. The Balaban J connectivity index is 2.36. The Morgan fingerprint density at radius 2 is 2.12 bits per heavy atom. The highest BCUT2D eigenvalue weighted by atomic mass is 16.3. The summed E-state index contributed by atoms with van der Waals surface area (Å²) in [5.74, 6) is 1.67. The molecule has 2 heterocycles. The van der Waals surface area contributed by atoms with Gasteiger partial charge in [-0.05, 0) is 37.6 Å². The molecule has 0 amide bonds. The summed E-state index contributed by atoms with van der Waals surface area (Å²) in [6.45, 7) is 3.64. The topological polar surface area (TPSA) is 73.5 Å². The van der Waals surface area contributed by atoms with Crippen LogP contribution in [0.2, 0.25) is 0 Å². The molecule has 0 aliphatic carbocycles. The number of anilines is 1. The van der Waals surface area contributed by atoms with Crippen LogP contribution >= 0.6 is 0 Å². The molecule has 0 fully saturated rings. The molecule has 0 radical (unpaired) electrons. The molecule has 2 aromatic rings. The van der Waals surface area contributed by atoms with Crippen LogP contribution < -0.4 is 11.3 Å². The molecule has 0 bridgehead atoms. The Bertz CT molecular complexity index is 623. The van der Waals surface area contributed by atoms with Crippen LogP contribution in [0.3, 0.4) is 0 Å². The summed E-state index contributed by atoms with van der Waals surface area (Å²) >= 11 is 0. The number of hydrogen-bond acceptors (Lipinski definition) is 4. The lowest BCUT2D eigenvalue weighted by Crippen LogP contribution is -2.19. The van der Waals surface area contributed by atoms with Crippen molar-refractivity contribution in [1.29, 1.82) is 0 Å². The minimum absolute atomic E-state index is 0.262. The summed E-state index contributed by atoms with van der Waals surface area (Å²) in [6, 6.07) is 6.75. The molecule has 2 rings (SSSR count). The quantitative estimate of drug-likeness (QED) is 0.796. The summed E-state index contributed by atoms with van der Waals surface area (Å²) in [7, 11) is 0. The number of furan rings is 1. The number of aryl methyl sites for hydroxylation is 2. The number of nitrogen functional groups attached to an aromatic ring is 1. The van der Waals surface area contributed by atoms with Gasteiger partial charge in [0.1, 0.15) is 17.3 Å². The Kier molecular flexibility index (Phi) is 2.82. The fraction of sp³-hybridized carbons (Fsp3) is 0.167. The van der Waals surface area contributed by atoms with Crippen LogP contribution in [0.4, 0.5) is 5.82 Å². The van der Waals surface area contributed by atoms with E-state index in [4.69, 9.17) is 10.2 Å². The van der Waals surface area contributed by atoms with Crippen molar-refractivity contribution in [2.45, 2.75) is 13.8 Å². The highest BCUT2D eigenvalue weighted by molar-refractivity contribution is 5.75. The third kappa shape index (κ3) is 2.44. The minimum Gasteiger partial charge on any atom is -0.460 e. The van der Waals surface area contributed by atoms with E-state index in [9.17, 15) is 4.79 Å². The number of aromatic nitrogens is 1. The van der Waals surface area contributed by atoms with Crippen LogP contribution in [0.15, 0.2) is 38.6 Å². The molecule has 0 aromatic carbocycles. The fourth-order valence-corrected chi connectivity index (χ4v) is 1.48. The molecule has 0 unspecified atom stereocenters. The molecule has 5 nitrogen and oxygen atoms in total. The predicted octanol–water partition coefficient (Wildman–Crippen LogP) is 1.52. The summed E-state index contributed by atoms with van der Waals surface area (Å²) < 4.78 is 6.43. The SMILES string of the molecule is Cc1cc(N)n(/N=C\c2ccc(C)o2)c(=O)c1. The average molecular weight is 231 g/mol. The number of nitrogens with two attached hydrogens (primary N) is 1. The number of nitrogens with zero attached hydrogens (tertiary/aromatic N) is 2. The van der Waals surface area contributed by atoms with Crippen LogP contribution in [0.1, 0.15) is 17.1 Å². The van der Waals surface area contributed by atoms with Crippen molar-refractivity contribution in [2.75, 3.05) is 5.73 Å². The number of pyridine rings is 1. The Morgan fingerprint density at radius 3 is 2.71 bits per heavy atom. The Hall–Kier alpha value is -2.30. The van der Waals surface area contributed by atoms with Crippen molar-refractivity contribution < 1.29 is 4.42 Å². The third-order valence-electron chi connectivity index (χ3n) is 2.24. The van der Waals surface area contributed by atoms with Gasteiger partial charge in [-0.25, -0.2) is 0 Å². The lowest BCUT2D eigenvalue weighted by Gasteiger charge is -2.02. The number of rotatable bonds is 2. The first-order chi connectivity index (χ1) is 8.06. The van der Waals surface area contributed by atoms with Crippen LogP contribution in [0, 0.1) is 13.8 Å². The molecule has 2 N–H and O–H groups in total. The molecule has 0 spiro atoms. The molecule has 0 saturated carbocycles. The third-order valence-corrected chi connectivity index (χ3v) is 2.24. The Morgan fingerprint density at radius 1 is 1.35 bits per heavy atom. The molecule has 0 aliphatic heterocycles. The van der Waals surface area contributed by atoms with Crippen LogP contribution in [0.25, 0.3) is 0 Å². The van der Waals surface area contributed by atoms with Crippen molar-refractivity contribution in [1.82, 2.24) is 4.68 Å². The van der Waals surface area contributed by atoms with Crippen molar-refractivity contribution in [3.8, 4) is 0 Å². The lowest BCUT2D eigenvalue weighted by molar-refractivity contribution is 0.527. The van der Waals surface area contributed by atoms with E-state index in [0.29, 0.717) is 11.6 Å². The molecule has 0 atom stereocenters. The van der Waals surface area contributed by atoms with E-state index in [0.717, 1.165) is 16.0 Å². The molecule has 2 aromatic heterocycles. The molecular weight excluding hydrogens is 218 g/mol. The van der Waals surface area contributed by atoms with E-state index in [-0.39, 0.29) is 5.56 Å². The second-order valence-electron chi connectivity index (χ2n) is 3.80. The standard InChI is InChI=1S/C12H13N3O2/c1-8-5-11(13)15(12(16)6-8)14-7-10-4-3-9(2)17-10/h3-7H,13H2,1-2H3/b14-7-. The van der Waals surface area contributed by atoms with Crippen LogP contribution in [0.5, 0.6) is 0 Å².